The fourth-order valence-electron chi connectivity index (χ4n) is 1.18. The van der Waals surface area contributed by atoms with Gasteiger partial charge in [0.25, 0.3) is 15.9 Å². The molecule has 0 aliphatic rings. The van der Waals surface area contributed by atoms with Gasteiger partial charge in [-0.25, -0.2) is 0 Å². The molecular formula is C6H2N4O10. The monoisotopic (exact) mass is 290 g/mol. The van der Waals surface area contributed by atoms with Crippen LogP contribution in [-0.4, -0.2) is 20.0 Å². The van der Waals surface area contributed by atoms with Crippen molar-refractivity contribution in [3.8, 4) is 11.5 Å². The first kappa shape index (κ1) is 14.5. The summed E-state index contributed by atoms with van der Waals surface area (Å²) >= 11 is 0. The number of hydrogen-bond donors (Lipinski definition) is 0. The normalized spacial score (nSPS) is 9.60. The van der Waals surface area contributed by atoms with Gasteiger partial charge in [-0.2, -0.15) is 0 Å². The Labute approximate surface area is 106 Å². The minimum absolute atomic E-state index is 0.532. The van der Waals surface area contributed by atoms with E-state index in [9.17, 15) is 40.5 Å². The predicted molar refractivity (Wildman–Crippen MR) is 55.0 cm³/mol. The SMILES string of the molecule is O=[N+]([O-])Oc1ccc([N+](=O)[O-])c(O[N+](=O)[O-])c1[N+](=O)[O-]. The van der Waals surface area contributed by atoms with E-state index in [0.717, 1.165) is 0 Å². The molecule has 1 aromatic rings. The van der Waals surface area contributed by atoms with E-state index in [2.05, 4.69) is 9.68 Å². The molecule has 0 bridgehead atoms. The highest BCUT2D eigenvalue weighted by molar-refractivity contribution is 5.66. The van der Waals surface area contributed by atoms with E-state index in [1.165, 1.54) is 0 Å². The predicted octanol–water partition coefficient (Wildman–Crippen LogP) is 0.644. The van der Waals surface area contributed by atoms with Crippen LogP contribution < -0.4 is 9.68 Å². The second-order valence-electron chi connectivity index (χ2n) is 2.90. The smallest absolute Gasteiger partial charge is 0.269 e. The van der Waals surface area contributed by atoms with Gasteiger partial charge in [0.15, 0.2) is 0 Å². The van der Waals surface area contributed by atoms with Crippen molar-refractivity contribution in [2.75, 3.05) is 0 Å². The second-order valence-corrected chi connectivity index (χ2v) is 2.90. The van der Waals surface area contributed by atoms with Crippen molar-refractivity contribution < 1.29 is 29.7 Å². The van der Waals surface area contributed by atoms with Crippen molar-refractivity contribution in [2.45, 2.75) is 0 Å². The first-order valence-corrected chi connectivity index (χ1v) is 4.34. The van der Waals surface area contributed by atoms with Crippen LogP contribution in [0.5, 0.6) is 11.5 Å². The number of rotatable bonds is 6. The van der Waals surface area contributed by atoms with Crippen LogP contribution in [0.25, 0.3) is 0 Å². The van der Waals surface area contributed by atoms with E-state index >= 15 is 0 Å². The van der Waals surface area contributed by atoms with Gasteiger partial charge in [0.05, 0.1) is 9.85 Å². The molecule has 14 heteroatoms. The zero-order valence-electron chi connectivity index (χ0n) is 9.03. The van der Waals surface area contributed by atoms with E-state index in [0.29, 0.717) is 12.1 Å². The Morgan fingerprint density at radius 2 is 1.35 bits per heavy atom. The molecule has 0 atom stereocenters. The summed E-state index contributed by atoms with van der Waals surface area (Å²) in [5.74, 6) is -2.44. The Hall–Kier alpha value is -3.58. The maximum atomic E-state index is 10.8. The summed E-state index contributed by atoms with van der Waals surface area (Å²) < 4.78 is 0. The summed E-state index contributed by atoms with van der Waals surface area (Å²) in [6.07, 6.45) is 0. The van der Waals surface area contributed by atoms with Gasteiger partial charge in [0, 0.05) is 6.07 Å². The van der Waals surface area contributed by atoms with Gasteiger partial charge in [0.2, 0.25) is 5.75 Å². The van der Waals surface area contributed by atoms with Crippen molar-refractivity contribution in [2.24, 2.45) is 0 Å². The van der Waals surface area contributed by atoms with Crippen LogP contribution in [0.15, 0.2) is 12.1 Å². The lowest BCUT2D eigenvalue weighted by atomic mass is 10.2. The zero-order valence-corrected chi connectivity index (χ0v) is 9.03. The largest absolute Gasteiger partial charge is 0.336 e. The lowest BCUT2D eigenvalue weighted by molar-refractivity contribution is -0.715. The summed E-state index contributed by atoms with van der Waals surface area (Å²) in [7, 11) is 0. The van der Waals surface area contributed by atoms with Crippen molar-refractivity contribution in [3.63, 3.8) is 0 Å². The molecule has 0 aromatic heterocycles. The lowest BCUT2D eigenvalue weighted by Gasteiger charge is -2.05. The number of hydrogen-bond acceptors (Lipinski definition) is 10. The Morgan fingerprint density at radius 1 is 0.800 bits per heavy atom. The molecular weight excluding hydrogens is 288 g/mol. The number of nitrogens with zero attached hydrogens (tertiary/aromatic N) is 4. The highest BCUT2D eigenvalue weighted by Crippen LogP contribution is 2.43. The summed E-state index contributed by atoms with van der Waals surface area (Å²) in [5, 5.41) is 38.8. The Kier molecular flexibility index (Phi) is 3.89. The highest BCUT2D eigenvalue weighted by Gasteiger charge is 2.33. The van der Waals surface area contributed by atoms with E-state index in [-0.39, 0.29) is 0 Å². The third-order valence-electron chi connectivity index (χ3n) is 1.79. The van der Waals surface area contributed by atoms with Crippen molar-refractivity contribution in [1.29, 1.82) is 0 Å². The summed E-state index contributed by atoms with van der Waals surface area (Å²) in [5.41, 5.74) is -2.53. The molecule has 0 spiro atoms. The molecule has 0 saturated carbocycles. The number of nitro groups is 2. The van der Waals surface area contributed by atoms with Crippen LogP contribution >= 0.6 is 0 Å². The van der Waals surface area contributed by atoms with Crippen LogP contribution in [0, 0.1) is 40.5 Å². The molecule has 0 fully saturated rings. The van der Waals surface area contributed by atoms with Gasteiger partial charge < -0.3 is 0 Å². The van der Waals surface area contributed by atoms with Gasteiger partial charge in [-0.05, 0) is 6.07 Å². The van der Waals surface area contributed by atoms with E-state index in [4.69, 9.17) is 0 Å². The lowest BCUT2D eigenvalue weighted by Crippen LogP contribution is -2.11. The van der Waals surface area contributed by atoms with E-state index in [1.807, 2.05) is 0 Å². The molecule has 0 aliphatic carbocycles. The van der Waals surface area contributed by atoms with Crippen molar-refractivity contribution in [3.05, 3.63) is 52.6 Å². The zero-order chi connectivity index (χ0) is 15.4. The van der Waals surface area contributed by atoms with Gasteiger partial charge in [-0.3, -0.25) is 29.9 Å². The highest BCUT2D eigenvalue weighted by atomic mass is 17.0. The minimum Gasteiger partial charge on any atom is -0.269 e. The van der Waals surface area contributed by atoms with E-state index in [1.54, 1.807) is 0 Å². The Morgan fingerprint density at radius 3 is 1.75 bits per heavy atom. The second kappa shape index (κ2) is 5.38. The fraction of sp³-hybridized carbons (Fsp3) is 0. The molecule has 0 amide bonds. The Balaban J connectivity index is 3.59. The third-order valence-corrected chi connectivity index (χ3v) is 1.79. The van der Waals surface area contributed by atoms with Crippen LogP contribution in [0.2, 0.25) is 0 Å². The summed E-state index contributed by atoms with van der Waals surface area (Å²) in [6, 6.07) is 1.08. The topological polar surface area (TPSA) is 191 Å². The molecule has 0 N–H and O–H groups in total. The average Bonchev–Trinajstić information content (AvgIpc) is 2.26. The van der Waals surface area contributed by atoms with E-state index < -0.39 is 42.9 Å². The van der Waals surface area contributed by atoms with Crippen LogP contribution in [0.3, 0.4) is 0 Å². The molecule has 0 radical (unpaired) electrons. The van der Waals surface area contributed by atoms with Gasteiger partial charge in [-0.1, -0.05) is 0 Å². The number of benzene rings is 1. The molecule has 0 saturated heterocycles. The fourth-order valence-corrected chi connectivity index (χ4v) is 1.18. The van der Waals surface area contributed by atoms with Crippen molar-refractivity contribution in [1.82, 2.24) is 0 Å². The molecule has 1 rings (SSSR count). The molecule has 0 aliphatic heterocycles. The standard InChI is InChI=1S/C6H2N4O10/c11-7(12)3-1-2-4(19-9(15)16)5(8(13)14)6(3)20-10(17)18/h1-2H. The maximum absolute atomic E-state index is 10.8. The van der Waals surface area contributed by atoms with Gasteiger partial charge in [0.1, 0.15) is 0 Å². The van der Waals surface area contributed by atoms with Crippen LogP contribution in [0.1, 0.15) is 0 Å². The maximum Gasteiger partial charge on any atom is 0.336 e. The molecule has 20 heavy (non-hydrogen) atoms. The first-order valence-electron chi connectivity index (χ1n) is 4.34. The molecule has 106 valence electrons. The molecule has 1 aromatic carbocycles. The Bertz CT molecular complexity index is 612. The molecule has 14 nitrogen and oxygen atoms in total. The number of nitro benzene ring substituents is 2. The van der Waals surface area contributed by atoms with Crippen molar-refractivity contribution >= 4 is 11.4 Å². The molecule has 0 heterocycles. The quantitative estimate of drug-likeness (QED) is 0.530. The van der Waals surface area contributed by atoms with Crippen LogP contribution in [0.4, 0.5) is 11.4 Å². The summed E-state index contributed by atoms with van der Waals surface area (Å²) in [4.78, 5) is 46.8. The summed E-state index contributed by atoms with van der Waals surface area (Å²) in [6.45, 7) is 0. The first-order chi connectivity index (χ1) is 9.23. The minimum atomic E-state index is -1.54. The third kappa shape index (κ3) is 3.00. The van der Waals surface area contributed by atoms with Gasteiger partial charge in [-0.15, -0.1) is 20.2 Å². The van der Waals surface area contributed by atoms with Crippen LogP contribution in [-0.2, 0) is 0 Å². The average molecular weight is 290 g/mol. The van der Waals surface area contributed by atoms with Gasteiger partial charge >= 0.3 is 11.4 Å². The molecule has 0 unspecified atom stereocenters.